The molecule has 2 bridgehead atoms. The second-order valence-corrected chi connectivity index (χ2v) is 8.04. The molecular weight excluding hydrogens is 346 g/mol. The highest BCUT2D eigenvalue weighted by molar-refractivity contribution is 5.92. The molecule has 1 aromatic carbocycles. The molecule has 2 aliphatic carbocycles. The van der Waals surface area contributed by atoms with Crippen molar-refractivity contribution in [3.8, 4) is 5.75 Å². The van der Waals surface area contributed by atoms with Gasteiger partial charge in [0.2, 0.25) is 0 Å². The number of H-pyrrole nitrogens is 1. The van der Waals surface area contributed by atoms with E-state index in [-0.39, 0.29) is 17.4 Å². The molecule has 7 nitrogen and oxygen atoms in total. The third-order valence-electron chi connectivity index (χ3n) is 6.80. The number of fused-ring (bicyclic) bond motifs is 2. The number of nitrogens with two attached hydrogens (primary N) is 1. The number of phenolic OH excluding ortho intramolecular Hbond substituents is 1. The van der Waals surface area contributed by atoms with Gasteiger partial charge in [0.1, 0.15) is 11.3 Å². The highest BCUT2D eigenvalue weighted by atomic mass is 16.3. The van der Waals surface area contributed by atoms with E-state index in [0.717, 1.165) is 28.9 Å². The number of phenols is 1. The van der Waals surface area contributed by atoms with E-state index in [2.05, 4.69) is 10.3 Å². The molecule has 2 heterocycles. The van der Waals surface area contributed by atoms with Gasteiger partial charge in [-0.1, -0.05) is 6.07 Å². The van der Waals surface area contributed by atoms with Gasteiger partial charge in [-0.05, 0) is 54.3 Å². The molecule has 3 atom stereocenters. The van der Waals surface area contributed by atoms with Gasteiger partial charge in [-0.3, -0.25) is 9.59 Å². The molecule has 0 saturated carbocycles. The van der Waals surface area contributed by atoms with Crippen LogP contribution in [0.5, 0.6) is 5.75 Å². The molecule has 140 valence electrons. The second kappa shape index (κ2) is 5.21. The van der Waals surface area contributed by atoms with E-state index in [0.29, 0.717) is 25.7 Å². The zero-order chi connectivity index (χ0) is 19.0. The Kier molecular flexibility index (Phi) is 3.19. The van der Waals surface area contributed by atoms with Crippen molar-refractivity contribution in [2.75, 3.05) is 6.54 Å². The fourth-order valence-electron chi connectivity index (χ4n) is 5.53. The zero-order valence-corrected chi connectivity index (χ0v) is 14.7. The van der Waals surface area contributed by atoms with Crippen LogP contribution in [0.15, 0.2) is 29.1 Å². The summed E-state index contributed by atoms with van der Waals surface area (Å²) in [6.45, 7) is 0.751. The van der Waals surface area contributed by atoms with Gasteiger partial charge >= 0.3 is 0 Å². The molecule has 0 radical (unpaired) electrons. The van der Waals surface area contributed by atoms with Gasteiger partial charge in [0.15, 0.2) is 0 Å². The molecule has 0 unspecified atom stereocenters. The Morgan fingerprint density at radius 2 is 2.04 bits per heavy atom. The van der Waals surface area contributed by atoms with Gasteiger partial charge in [-0.2, -0.15) is 0 Å². The molecule has 1 aromatic heterocycles. The standard InChI is InChI=1S/C20H21N3O4/c21-17(25)13-5-11-8-20(27)16-6-10-1-2-12(24)7-14(10)19(20,3-4-22-16)9-15(11)23-18(13)26/h1-2,5,7,16,22,24,27H,3-4,6,8-9H2,(H2,21,25)(H,23,26)/t16-,19-,20-/m1/s1. The Morgan fingerprint density at radius 3 is 2.81 bits per heavy atom. The van der Waals surface area contributed by atoms with Crippen molar-refractivity contribution in [1.29, 1.82) is 0 Å². The van der Waals surface area contributed by atoms with E-state index < -0.39 is 22.5 Å². The summed E-state index contributed by atoms with van der Waals surface area (Å²) in [5.41, 5.74) is 6.60. The summed E-state index contributed by atoms with van der Waals surface area (Å²) in [4.78, 5) is 26.7. The van der Waals surface area contributed by atoms with E-state index in [1.54, 1.807) is 12.1 Å². The number of carbonyl (C=O) groups is 1. The van der Waals surface area contributed by atoms with E-state index >= 15 is 0 Å². The summed E-state index contributed by atoms with van der Waals surface area (Å²) in [7, 11) is 0. The summed E-state index contributed by atoms with van der Waals surface area (Å²) in [5.74, 6) is -0.602. The van der Waals surface area contributed by atoms with Gasteiger partial charge in [0.05, 0.1) is 5.60 Å². The smallest absolute Gasteiger partial charge is 0.261 e. The van der Waals surface area contributed by atoms with Crippen molar-refractivity contribution in [2.24, 2.45) is 5.73 Å². The van der Waals surface area contributed by atoms with E-state index in [9.17, 15) is 19.8 Å². The molecule has 5 rings (SSSR count). The van der Waals surface area contributed by atoms with Crippen LogP contribution in [-0.4, -0.2) is 39.3 Å². The number of aliphatic hydroxyl groups is 1. The summed E-state index contributed by atoms with van der Waals surface area (Å²) in [5, 5.41) is 25.4. The SMILES string of the molecule is NC(=O)c1cc2c([nH]c1=O)C[C@]13CCN[C@H](Cc4ccc(O)cc41)[C@]3(O)C2. The molecule has 27 heavy (non-hydrogen) atoms. The number of aromatic nitrogens is 1. The molecular formula is C20H21N3O4. The minimum Gasteiger partial charge on any atom is -0.508 e. The Hall–Kier alpha value is -2.64. The predicted octanol–water partition coefficient (Wildman–Crippen LogP) is -0.135. The summed E-state index contributed by atoms with van der Waals surface area (Å²) in [6, 6.07) is 6.73. The first-order chi connectivity index (χ1) is 12.8. The first-order valence-electron chi connectivity index (χ1n) is 9.17. The van der Waals surface area contributed by atoms with Crippen molar-refractivity contribution in [3.05, 3.63) is 62.6 Å². The maximum atomic E-state index is 12.3. The number of aromatic hydroxyl groups is 1. The van der Waals surface area contributed by atoms with Gasteiger partial charge in [-0.15, -0.1) is 0 Å². The predicted molar refractivity (Wildman–Crippen MR) is 97.8 cm³/mol. The number of pyridine rings is 1. The van der Waals surface area contributed by atoms with Gasteiger partial charge in [0, 0.05) is 30.0 Å². The minimum absolute atomic E-state index is 0.0831. The van der Waals surface area contributed by atoms with E-state index in [4.69, 9.17) is 5.73 Å². The Morgan fingerprint density at radius 1 is 1.22 bits per heavy atom. The number of rotatable bonds is 1. The maximum absolute atomic E-state index is 12.3. The van der Waals surface area contributed by atoms with Crippen LogP contribution in [0.25, 0.3) is 0 Å². The molecule has 1 aliphatic heterocycles. The monoisotopic (exact) mass is 367 g/mol. The first kappa shape index (κ1) is 16.5. The molecule has 6 N–H and O–H groups in total. The Labute approximate surface area is 155 Å². The number of hydrogen-bond donors (Lipinski definition) is 5. The molecule has 1 amide bonds. The minimum atomic E-state index is -1.08. The lowest BCUT2D eigenvalue weighted by molar-refractivity contribution is -0.106. The van der Waals surface area contributed by atoms with Gasteiger partial charge in [-0.25, -0.2) is 0 Å². The average molecular weight is 367 g/mol. The lowest BCUT2D eigenvalue weighted by Crippen LogP contribution is -2.73. The van der Waals surface area contributed by atoms with Crippen molar-refractivity contribution in [2.45, 2.75) is 42.7 Å². The van der Waals surface area contributed by atoms with Gasteiger partial charge in [0.25, 0.3) is 11.5 Å². The number of primary amides is 1. The molecule has 1 fully saturated rings. The number of amides is 1. The average Bonchev–Trinajstić information content (AvgIpc) is 2.60. The van der Waals surface area contributed by atoms with Crippen LogP contribution in [0, 0.1) is 0 Å². The fourth-order valence-corrected chi connectivity index (χ4v) is 5.53. The van der Waals surface area contributed by atoms with Crippen LogP contribution >= 0.6 is 0 Å². The van der Waals surface area contributed by atoms with Gasteiger partial charge < -0.3 is 26.2 Å². The summed E-state index contributed by atoms with van der Waals surface area (Å²) in [6.07, 6.45) is 2.11. The molecule has 7 heteroatoms. The lowest BCUT2D eigenvalue weighted by atomic mass is 9.50. The van der Waals surface area contributed by atoms with E-state index in [1.165, 1.54) is 6.07 Å². The van der Waals surface area contributed by atoms with E-state index in [1.807, 2.05) is 6.07 Å². The first-order valence-corrected chi connectivity index (χ1v) is 9.17. The highest BCUT2D eigenvalue weighted by Gasteiger charge is 2.62. The lowest BCUT2D eigenvalue weighted by Gasteiger charge is -2.61. The zero-order valence-electron chi connectivity index (χ0n) is 14.7. The Bertz CT molecular complexity index is 1050. The van der Waals surface area contributed by atoms with Crippen LogP contribution in [0.3, 0.4) is 0 Å². The number of aromatic amines is 1. The highest BCUT2D eigenvalue weighted by Crippen LogP contribution is 2.55. The number of nitrogens with one attached hydrogen (secondary N) is 2. The molecule has 3 aliphatic rings. The normalized spacial score (nSPS) is 30.8. The molecule has 0 spiro atoms. The maximum Gasteiger partial charge on any atom is 0.261 e. The van der Waals surface area contributed by atoms with Crippen LogP contribution < -0.4 is 16.6 Å². The van der Waals surface area contributed by atoms with Crippen LogP contribution in [0.1, 0.15) is 39.2 Å². The topological polar surface area (TPSA) is 128 Å². The van der Waals surface area contributed by atoms with Crippen molar-refractivity contribution in [3.63, 3.8) is 0 Å². The molecule has 1 saturated heterocycles. The van der Waals surface area contributed by atoms with Crippen LogP contribution in [0.4, 0.5) is 0 Å². The van der Waals surface area contributed by atoms with Crippen molar-refractivity contribution >= 4 is 5.91 Å². The van der Waals surface area contributed by atoms with Crippen LogP contribution in [0.2, 0.25) is 0 Å². The second-order valence-electron chi connectivity index (χ2n) is 8.04. The molecule has 2 aromatic rings. The third kappa shape index (κ3) is 2.04. The quantitative estimate of drug-likeness (QED) is 0.479. The number of hydrogen-bond acceptors (Lipinski definition) is 5. The third-order valence-corrected chi connectivity index (χ3v) is 6.80. The Balaban J connectivity index is 1.76. The van der Waals surface area contributed by atoms with Crippen molar-refractivity contribution < 1.29 is 15.0 Å². The largest absolute Gasteiger partial charge is 0.508 e. The summed E-state index contributed by atoms with van der Waals surface area (Å²) >= 11 is 0. The summed E-state index contributed by atoms with van der Waals surface area (Å²) < 4.78 is 0. The van der Waals surface area contributed by atoms with Crippen LogP contribution in [-0.2, 0) is 24.7 Å². The van der Waals surface area contributed by atoms with Crippen molar-refractivity contribution in [1.82, 2.24) is 10.3 Å². The number of piperidine rings is 1. The number of benzene rings is 1. The number of carbonyl (C=O) groups excluding carboxylic acids is 1. The fraction of sp³-hybridized carbons (Fsp3) is 0.400.